The van der Waals surface area contributed by atoms with E-state index in [1.807, 2.05) is 32.0 Å². The van der Waals surface area contributed by atoms with Gasteiger partial charge in [0.05, 0.1) is 11.9 Å². The van der Waals surface area contributed by atoms with Gasteiger partial charge in [-0.2, -0.15) is 5.10 Å². The van der Waals surface area contributed by atoms with Crippen molar-refractivity contribution in [3.63, 3.8) is 0 Å². The first-order chi connectivity index (χ1) is 16.3. The van der Waals surface area contributed by atoms with Crippen molar-refractivity contribution in [3.05, 3.63) is 123 Å². The molecule has 34 heavy (non-hydrogen) atoms. The van der Waals surface area contributed by atoms with Crippen molar-refractivity contribution in [3.8, 4) is 5.69 Å². The Morgan fingerprint density at radius 3 is 2.15 bits per heavy atom. The van der Waals surface area contributed by atoms with E-state index in [2.05, 4.69) is 26.5 Å². The molecule has 0 spiro atoms. The van der Waals surface area contributed by atoms with Crippen LogP contribution in [0, 0.1) is 19.7 Å². The molecule has 0 saturated carbocycles. The number of hydrogen-bond acceptors (Lipinski definition) is 3. The van der Waals surface area contributed by atoms with Gasteiger partial charge >= 0.3 is 0 Å². The van der Waals surface area contributed by atoms with Gasteiger partial charge in [-0.15, -0.1) is 0 Å². The summed E-state index contributed by atoms with van der Waals surface area (Å²) in [5.74, 6) is -1.04. The first-order valence-electron chi connectivity index (χ1n) is 10.6. The number of rotatable bonds is 6. The van der Waals surface area contributed by atoms with Gasteiger partial charge in [-0.05, 0) is 49.2 Å². The molecule has 0 aliphatic rings. The molecule has 0 radical (unpaired) electrons. The van der Waals surface area contributed by atoms with E-state index in [9.17, 15) is 14.3 Å². The molecule has 2 N–H and O–H groups in total. The first-order valence-corrected chi connectivity index (χ1v) is 11.4. The van der Waals surface area contributed by atoms with Gasteiger partial charge in [-0.25, -0.2) is 9.82 Å². The molecule has 0 aliphatic heterocycles. The number of hydrogen-bond donors (Lipinski definition) is 2. The lowest BCUT2D eigenvalue weighted by molar-refractivity contribution is -0.136. The second-order valence-electron chi connectivity index (χ2n) is 7.90. The Labute approximate surface area is 205 Å². The summed E-state index contributed by atoms with van der Waals surface area (Å²) in [6, 6.07) is 24.2. The summed E-state index contributed by atoms with van der Waals surface area (Å²) in [4.78, 5) is 13.2. The third-order valence-electron chi connectivity index (χ3n) is 5.70. The molecular formula is C27H23BrFN3O2. The predicted molar refractivity (Wildman–Crippen MR) is 135 cm³/mol. The van der Waals surface area contributed by atoms with Crippen molar-refractivity contribution in [2.45, 2.75) is 19.4 Å². The van der Waals surface area contributed by atoms with Gasteiger partial charge in [0.25, 0.3) is 5.91 Å². The number of aryl methyl sites for hydroxylation is 1. The number of benzene rings is 3. The summed E-state index contributed by atoms with van der Waals surface area (Å²) in [7, 11) is 0. The molecule has 5 nitrogen and oxygen atoms in total. The number of hydrazone groups is 1. The normalized spacial score (nSPS) is 11.7. The van der Waals surface area contributed by atoms with E-state index in [1.165, 1.54) is 12.3 Å². The standard InChI is InChI=1S/C27H23BrFN3O2/c1-18-15-20(19(2)32(18)25-14-13-23(28)16-24(25)29)17-30-31-26(33)27(34,21-9-5-3-6-10-21)22-11-7-4-8-12-22/h3-17,34H,1-2H3,(H,31,33)/b30-17+. The maximum absolute atomic E-state index is 14.5. The van der Waals surface area contributed by atoms with Crippen molar-refractivity contribution >= 4 is 28.1 Å². The summed E-state index contributed by atoms with van der Waals surface area (Å²) >= 11 is 3.28. The Bertz CT molecular complexity index is 1310. The highest BCUT2D eigenvalue weighted by atomic mass is 79.9. The van der Waals surface area contributed by atoms with Crippen molar-refractivity contribution in [2.24, 2.45) is 5.10 Å². The van der Waals surface area contributed by atoms with Crippen LogP contribution in [0.15, 0.2) is 94.5 Å². The molecule has 0 fully saturated rings. The summed E-state index contributed by atoms with van der Waals surface area (Å²) in [5, 5.41) is 15.6. The molecule has 0 atom stereocenters. The number of aromatic nitrogens is 1. The Balaban J connectivity index is 1.62. The molecule has 7 heteroatoms. The molecule has 1 amide bonds. The Hall–Kier alpha value is -3.55. The van der Waals surface area contributed by atoms with Gasteiger partial charge in [0.2, 0.25) is 0 Å². The van der Waals surface area contributed by atoms with Gasteiger partial charge in [0, 0.05) is 21.4 Å². The van der Waals surface area contributed by atoms with Crippen molar-refractivity contribution in [1.29, 1.82) is 0 Å². The van der Waals surface area contributed by atoms with Crippen LogP contribution >= 0.6 is 15.9 Å². The minimum atomic E-state index is -1.92. The van der Waals surface area contributed by atoms with Gasteiger partial charge in [-0.3, -0.25) is 4.79 Å². The monoisotopic (exact) mass is 519 g/mol. The molecular weight excluding hydrogens is 497 g/mol. The SMILES string of the molecule is Cc1cc(/C=N/NC(=O)C(O)(c2ccccc2)c2ccccc2)c(C)n1-c1ccc(Br)cc1F. The van der Waals surface area contributed by atoms with Crippen LogP contribution in [0.5, 0.6) is 0 Å². The molecule has 0 bridgehead atoms. The van der Waals surface area contributed by atoms with Crippen molar-refractivity contribution < 1.29 is 14.3 Å². The Kier molecular flexibility index (Phi) is 6.77. The smallest absolute Gasteiger partial charge is 0.281 e. The molecule has 0 aliphatic carbocycles. The van der Waals surface area contributed by atoms with E-state index in [-0.39, 0.29) is 5.82 Å². The number of carbonyl (C=O) groups excluding carboxylic acids is 1. The number of carbonyl (C=O) groups is 1. The minimum Gasteiger partial charge on any atom is -0.372 e. The molecule has 3 aromatic carbocycles. The number of halogens is 2. The minimum absolute atomic E-state index is 0.358. The van der Waals surface area contributed by atoms with Gasteiger partial charge in [0.15, 0.2) is 5.60 Å². The van der Waals surface area contributed by atoms with Gasteiger partial charge in [-0.1, -0.05) is 76.6 Å². The lowest BCUT2D eigenvalue weighted by Crippen LogP contribution is -2.43. The summed E-state index contributed by atoms with van der Waals surface area (Å²) in [5.41, 5.74) is 4.12. The zero-order valence-corrected chi connectivity index (χ0v) is 20.3. The molecule has 1 heterocycles. The zero-order valence-electron chi connectivity index (χ0n) is 18.7. The Morgan fingerprint density at radius 2 is 1.59 bits per heavy atom. The fourth-order valence-electron chi connectivity index (χ4n) is 3.98. The molecule has 4 rings (SSSR count). The molecule has 4 aromatic rings. The van der Waals surface area contributed by atoms with Crippen molar-refractivity contribution in [2.75, 3.05) is 0 Å². The van der Waals surface area contributed by atoms with E-state index >= 15 is 0 Å². The highest BCUT2D eigenvalue weighted by Crippen LogP contribution is 2.30. The van der Waals surface area contributed by atoms with Crippen LogP contribution in [0.3, 0.4) is 0 Å². The third-order valence-corrected chi connectivity index (χ3v) is 6.20. The number of nitrogens with one attached hydrogen (secondary N) is 1. The molecule has 0 saturated heterocycles. The average molecular weight is 520 g/mol. The second kappa shape index (κ2) is 9.75. The quantitative estimate of drug-likeness (QED) is 0.265. The predicted octanol–water partition coefficient (Wildman–Crippen LogP) is 5.38. The van der Waals surface area contributed by atoms with Crippen molar-refractivity contribution in [1.82, 2.24) is 9.99 Å². The van der Waals surface area contributed by atoms with Crippen LogP contribution < -0.4 is 5.43 Å². The summed E-state index contributed by atoms with van der Waals surface area (Å²) in [6.45, 7) is 3.72. The number of nitrogens with zero attached hydrogens (tertiary/aromatic N) is 2. The van der Waals surface area contributed by atoms with E-state index in [1.54, 1.807) is 65.2 Å². The summed E-state index contributed by atoms with van der Waals surface area (Å²) in [6.07, 6.45) is 1.49. The highest BCUT2D eigenvalue weighted by Gasteiger charge is 2.39. The molecule has 0 unspecified atom stereocenters. The lowest BCUT2D eigenvalue weighted by atomic mass is 9.85. The van der Waals surface area contributed by atoms with E-state index in [4.69, 9.17) is 0 Å². The van der Waals surface area contributed by atoms with Crippen LogP contribution in [0.4, 0.5) is 4.39 Å². The fraction of sp³-hybridized carbons (Fsp3) is 0.111. The fourth-order valence-corrected chi connectivity index (χ4v) is 4.31. The van der Waals surface area contributed by atoms with Crippen LogP contribution in [-0.2, 0) is 10.4 Å². The topological polar surface area (TPSA) is 66.6 Å². The maximum Gasteiger partial charge on any atom is 0.281 e. The van der Waals surface area contributed by atoms with Crippen LogP contribution in [0.2, 0.25) is 0 Å². The summed E-state index contributed by atoms with van der Waals surface area (Å²) < 4.78 is 17.0. The second-order valence-corrected chi connectivity index (χ2v) is 8.81. The van der Waals surface area contributed by atoms with Crippen LogP contribution in [-0.4, -0.2) is 21.8 Å². The zero-order chi connectivity index (χ0) is 24.3. The van der Waals surface area contributed by atoms with Crippen LogP contribution in [0.25, 0.3) is 5.69 Å². The molecule has 1 aromatic heterocycles. The Morgan fingerprint density at radius 1 is 1.00 bits per heavy atom. The molecule has 172 valence electrons. The average Bonchev–Trinajstić information content (AvgIpc) is 3.12. The third kappa shape index (κ3) is 4.44. The largest absolute Gasteiger partial charge is 0.372 e. The maximum atomic E-state index is 14.5. The van der Waals surface area contributed by atoms with Crippen LogP contribution in [0.1, 0.15) is 28.1 Å². The number of aliphatic hydroxyl groups is 1. The van der Waals surface area contributed by atoms with Gasteiger partial charge in [0.1, 0.15) is 5.82 Å². The number of amides is 1. The van der Waals surface area contributed by atoms with E-state index in [0.717, 1.165) is 11.4 Å². The lowest BCUT2D eigenvalue weighted by Gasteiger charge is -2.27. The van der Waals surface area contributed by atoms with E-state index in [0.29, 0.717) is 26.9 Å². The van der Waals surface area contributed by atoms with Gasteiger partial charge < -0.3 is 9.67 Å². The highest BCUT2D eigenvalue weighted by molar-refractivity contribution is 9.10. The first kappa shape index (κ1) is 23.6. The van der Waals surface area contributed by atoms with E-state index < -0.39 is 11.5 Å².